The molecule has 2 rings (SSSR count). The number of alkyl halides is 3. The molecule has 0 fully saturated rings. The van der Waals surface area contributed by atoms with Crippen molar-refractivity contribution in [2.24, 2.45) is 0 Å². The Bertz CT molecular complexity index is 839. The summed E-state index contributed by atoms with van der Waals surface area (Å²) >= 11 is 5.77. The van der Waals surface area contributed by atoms with Crippen LogP contribution in [-0.2, 0) is 15.7 Å². The Kier molecular flexibility index (Phi) is 5.86. The molecule has 1 atom stereocenters. The van der Waals surface area contributed by atoms with E-state index >= 15 is 0 Å². The first kappa shape index (κ1) is 19.7. The number of carbonyl (C=O) groups is 2. The highest BCUT2D eigenvalue weighted by Crippen LogP contribution is 2.29. The first-order chi connectivity index (χ1) is 12.1. The molecule has 26 heavy (non-hydrogen) atoms. The molecule has 0 saturated carbocycles. The van der Waals surface area contributed by atoms with Crippen LogP contribution >= 0.6 is 11.6 Å². The van der Waals surface area contributed by atoms with Crippen LogP contribution in [0.1, 0.15) is 22.8 Å². The van der Waals surface area contributed by atoms with Crippen LogP contribution in [-0.4, -0.2) is 18.0 Å². The van der Waals surface area contributed by atoms with E-state index in [0.29, 0.717) is 6.07 Å². The number of hydrogen-bond acceptors (Lipinski definition) is 3. The van der Waals surface area contributed by atoms with Crippen molar-refractivity contribution in [1.29, 1.82) is 0 Å². The number of ether oxygens (including phenoxy) is 1. The second kappa shape index (κ2) is 7.74. The van der Waals surface area contributed by atoms with Gasteiger partial charge in [0, 0.05) is 0 Å². The minimum atomic E-state index is -4.61. The fraction of sp³-hybridized carbons (Fsp3) is 0.176. The van der Waals surface area contributed by atoms with Crippen molar-refractivity contribution in [1.82, 2.24) is 0 Å². The summed E-state index contributed by atoms with van der Waals surface area (Å²) < 4.78 is 55.9. The highest BCUT2D eigenvalue weighted by molar-refractivity contribution is 6.33. The molecule has 138 valence electrons. The molecule has 0 unspecified atom stereocenters. The van der Waals surface area contributed by atoms with Gasteiger partial charge >= 0.3 is 12.1 Å². The topological polar surface area (TPSA) is 55.4 Å². The van der Waals surface area contributed by atoms with Crippen LogP contribution in [0.5, 0.6) is 0 Å². The summed E-state index contributed by atoms with van der Waals surface area (Å²) in [6, 6.07) is 6.91. The number of amides is 1. The molecule has 9 heteroatoms. The zero-order valence-corrected chi connectivity index (χ0v) is 14.0. The van der Waals surface area contributed by atoms with E-state index in [-0.39, 0.29) is 16.3 Å². The molecule has 0 spiro atoms. The third kappa shape index (κ3) is 4.95. The zero-order chi connectivity index (χ0) is 19.5. The van der Waals surface area contributed by atoms with E-state index in [0.717, 1.165) is 30.3 Å². The van der Waals surface area contributed by atoms with Gasteiger partial charge in [-0.25, -0.2) is 9.18 Å². The molecule has 0 saturated heterocycles. The van der Waals surface area contributed by atoms with Gasteiger partial charge in [-0.15, -0.1) is 0 Å². The van der Waals surface area contributed by atoms with Crippen LogP contribution in [0.25, 0.3) is 0 Å². The maximum absolute atomic E-state index is 13.0. The molecule has 2 aromatic rings. The van der Waals surface area contributed by atoms with E-state index in [2.05, 4.69) is 5.32 Å². The predicted molar refractivity (Wildman–Crippen MR) is 86.4 cm³/mol. The third-order valence-electron chi connectivity index (χ3n) is 3.27. The molecule has 1 N–H and O–H groups in total. The number of benzene rings is 2. The van der Waals surface area contributed by atoms with Crippen LogP contribution in [0.15, 0.2) is 42.5 Å². The Morgan fingerprint density at radius 1 is 1.15 bits per heavy atom. The number of carbonyl (C=O) groups excluding carboxylic acids is 2. The number of rotatable bonds is 4. The molecule has 0 bridgehead atoms. The molecular weight excluding hydrogens is 378 g/mol. The fourth-order valence-electron chi connectivity index (χ4n) is 1.93. The fourth-order valence-corrected chi connectivity index (χ4v) is 2.14. The summed E-state index contributed by atoms with van der Waals surface area (Å²) in [5.74, 6) is -2.47. The van der Waals surface area contributed by atoms with Crippen molar-refractivity contribution in [2.45, 2.75) is 19.2 Å². The lowest BCUT2D eigenvalue weighted by molar-refractivity contribution is -0.137. The maximum atomic E-state index is 13.0. The number of anilines is 1. The molecule has 0 aliphatic carbocycles. The molecule has 0 aliphatic heterocycles. The average Bonchev–Trinajstić information content (AvgIpc) is 2.56. The quantitative estimate of drug-likeness (QED) is 0.610. The van der Waals surface area contributed by atoms with Gasteiger partial charge in [-0.05, 0) is 43.3 Å². The zero-order valence-electron chi connectivity index (χ0n) is 13.2. The normalized spacial score (nSPS) is 12.4. The van der Waals surface area contributed by atoms with E-state index in [4.69, 9.17) is 16.3 Å². The van der Waals surface area contributed by atoms with Crippen molar-refractivity contribution in [2.75, 3.05) is 5.32 Å². The standard InChI is InChI=1S/C17H12ClF4NO3/c1-9(15(24)23-14-6-5-12(19)8-13(14)18)26-16(25)10-3-2-4-11(7-10)17(20,21)22/h2-9H,1H3,(H,23,24)/t9-/m0/s1. The molecule has 2 aromatic carbocycles. The van der Waals surface area contributed by atoms with Crippen molar-refractivity contribution in [3.63, 3.8) is 0 Å². The molecule has 4 nitrogen and oxygen atoms in total. The third-order valence-corrected chi connectivity index (χ3v) is 3.58. The van der Waals surface area contributed by atoms with Gasteiger partial charge in [0.2, 0.25) is 0 Å². The summed E-state index contributed by atoms with van der Waals surface area (Å²) in [5.41, 5.74) is -1.26. The van der Waals surface area contributed by atoms with Gasteiger partial charge < -0.3 is 10.1 Å². The predicted octanol–water partition coefficient (Wildman–Crippen LogP) is 4.68. The van der Waals surface area contributed by atoms with Crippen molar-refractivity contribution in [3.8, 4) is 0 Å². The van der Waals surface area contributed by atoms with Crippen molar-refractivity contribution in [3.05, 3.63) is 64.4 Å². The molecular formula is C17H12ClF4NO3. The lowest BCUT2D eigenvalue weighted by Crippen LogP contribution is -2.30. The summed E-state index contributed by atoms with van der Waals surface area (Å²) in [5, 5.41) is 2.27. The summed E-state index contributed by atoms with van der Waals surface area (Å²) in [6.07, 6.45) is -5.93. The Morgan fingerprint density at radius 2 is 1.85 bits per heavy atom. The Labute approximate surface area is 150 Å². The smallest absolute Gasteiger partial charge is 0.416 e. The van der Waals surface area contributed by atoms with Gasteiger partial charge in [-0.1, -0.05) is 17.7 Å². The van der Waals surface area contributed by atoms with E-state index in [1.807, 2.05) is 0 Å². The van der Waals surface area contributed by atoms with Crippen molar-refractivity contribution < 1.29 is 31.9 Å². The second-order valence-corrected chi connectivity index (χ2v) is 5.65. The number of nitrogens with one attached hydrogen (secondary N) is 1. The largest absolute Gasteiger partial charge is 0.449 e. The van der Waals surface area contributed by atoms with Crippen molar-refractivity contribution >= 4 is 29.2 Å². The van der Waals surface area contributed by atoms with E-state index in [1.165, 1.54) is 13.0 Å². The van der Waals surface area contributed by atoms with Crippen LogP contribution < -0.4 is 5.32 Å². The van der Waals surface area contributed by atoms with Gasteiger partial charge in [0.15, 0.2) is 6.10 Å². The first-order valence-electron chi connectivity index (χ1n) is 7.22. The maximum Gasteiger partial charge on any atom is 0.416 e. The van der Waals surface area contributed by atoms with Gasteiger partial charge in [-0.3, -0.25) is 4.79 Å². The minimum absolute atomic E-state index is 0.0604. The van der Waals surface area contributed by atoms with Gasteiger partial charge in [0.25, 0.3) is 5.91 Å². The molecule has 0 heterocycles. The van der Waals surface area contributed by atoms with Crippen LogP contribution in [0.4, 0.5) is 23.2 Å². The molecule has 1 amide bonds. The first-order valence-corrected chi connectivity index (χ1v) is 7.60. The molecule has 0 aromatic heterocycles. The number of hydrogen-bond donors (Lipinski definition) is 1. The average molecular weight is 390 g/mol. The minimum Gasteiger partial charge on any atom is -0.449 e. The van der Waals surface area contributed by atoms with Gasteiger partial charge in [0.05, 0.1) is 21.8 Å². The number of halogens is 5. The van der Waals surface area contributed by atoms with E-state index in [9.17, 15) is 27.2 Å². The molecule has 0 radical (unpaired) electrons. The van der Waals surface area contributed by atoms with E-state index < -0.39 is 35.5 Å². The summed E-state index contributed by atoms with van der Waals surface area (Å²) in [4.78, 5) is 24.0. The lowest BCUT2D eigenvalue weighted by atomic mass is 10.1. The molecule has 0 aliphatic rings. The van der Waals surface area contributed by atoms with Crippen LogP contribution in [0.3, 0.4) is 0 Å². The lowest BCUT2D eigenvalue weighted by Gasteiger charge is -2.15. The number of esters is 1. The van der Waals surface area contributed by atoms with Crippen LogP contribution in [0, 0.1) is 5.82 Å². The Morgan fingerprint density at radius 3 is 2.46 bits per heavy atom. The second-order valence-electron chi connectivity index (χ2n) is 5.24. The Hall–Kier alpha value is -2.61. The summed E-state index contributed by atoms with van der Waals surface area (Å²) in [6.45, 7) is 1.23. The van der Waals surface area contributed by atoms with Gasteiger partial charge in [-0.2, -0.15) is 13.2 Å². The van der Waals surface area contributed by atoms with Crippen LogP contribution in [0.2, 0.25) is 5.02 Å². The highest BCUT2D eigenvalue weighted by Gasteiger charge is 2.31. The highest BCUT2D eigenvalue weighted by atomic mass is 35.5. The SMILES string of the molecule is C[C@H](OC(=O)c1cccc(C(F)(F)F)c1)C(=O)Nc1ccc(F)cc1Cl. The Balaban J connectivity index is 2.05. The van der Waals surface area contributed by atoms with Gasteiger partial charge in [0.1, 0.15) is 5.82 Å². The summed E-state index contributed by atoms with van der Waals surface area (Å²) in [7, 11) is 0. The monoisotopic (exact) mass is 389 g/mol. The van der Waals surface area contributed by atoms with E-state index in [1.54, 1.807) is 0 Å².